The van der Waals surface area contributed by atoms with E-state index in [0.29, 0.717) is 17.6 Å². The number of hydrogen-bond donors (Lipinski definition) is 0. The fourth-order valence-electron chi connectivity index (χ4n) is 11.5. The van der Waals surface area contributed by atoms with Crippen molar-refractivity contribution in [3.8, 4) is 84.4 Å². The highest BCUT2D eigenvalue weighted by Crippen LogP contribution is 2.58. The Hall–Kier alpha value is -9.77. The molecule has 0 fully saturated rings. The Labute approximate surface area is 430 Å². The molecule has 13 aromatic rings. The van der Waals surface area contributed by atoms with E-state index in [-0.39, 0.29) is 0 Å². The quantitative estimate of drug-likeness (QED) is 0.145. The second-order valence-electron chi connectivity index (χ2n) is 19.1. The summed E-state index contributed by atoms with van der Waals surface area (Å²) < 4.78 is 2.32. The highest BCUT2D eigenvalue weighted by Gasteiger charge is 2.46. The van der Waals surface area contributed by atoms with Crippen LogP contribution in [-0.4, -0.2) is 19.5 Å². The summed E-state index contributed by atoms with van der Waals surface area (Å²) in [7, 11) is 0. The molecule has 0 amide bonds. The Kier molecular flexibility index (Phi) is 10.4. The molecule has 0 saturated heterocycles. The van der Waals surface area contributed by atoms with E-state index in [4.69, 9.17) is 15.0 Å². The number of fused-ring (bicyclic) bond motifs is 6. The average molecular weight is 943 g/mol. The third kappa shape index (κ3) is 7.10. The first-order chi connectivity index (χ1) is 36.7. The maximum atomic E-state index is 5.57. The lowest BCUT2D eigenvalue weighted by molar-refractivity contribution is 0.769. The van der Waals surface area contributed by atoms with E-state index < -0.39 is 5.41 Å². The van der Waals surface area contributed by atoms with Crippen molar-refractivity contribution in [3.05, 3.63) is 301 Å². The first kappa shape index (κ1) is 43.1. The molecule has 0 aliphatic heterocycles. The van der Waals surface area contributed by atoms with Crippen molar-refractivity contribution >= 4 is 21.8 Å². The van der Waals surface area contributed by atoms with Gasteiger partial charge in [0.15, 0.2) is 11.6 Å². The highest BCUT2D eigenvalue weighted by molar-refractivity contribution is 6.18. The Morgan fingerprint density at radius 1 is 0.270 bits per heavy atom. The van der Waals surface area contributed by atoms with Crippen LogP contribution in [0.15, 0.2) is 279 Å². The molecular formula is C70H46N4. The van der Waals surface area contributed by atoms with Crippen molar-refractivity contribution in [2.24, 2.45) is 0 Å². The minimum absolute atomic E-state index is 0.536. The van der Waals surface area contributed by atoms with Gasteiger partial charge in [-0.3, -0.25) is 4.57 Å². The van der Waals surface area contributed by atoms with Crippen LogP contribution in [0.5, 0.6) is 0 Å². The SMILES string of the molecule is c1ccc(-c2ccc(-c3nc(-c4ccc(-c5ccccc5)cc4)nc(-n4c5cc6c(cc5c5c(-c7ccccc7)cc(-c7ccccc7)cc54)-c4ccccc4C6(c4ccccc4)c4ccccc4)n3)cc2)cc1. The summed E-state index contributed by atoms with van der Waals surface area (Å²) in [5.74, 6) is 1.71. The summed E-state index contributed by atoms with van der Waals surface area (Å²) in [4.78, 5) is 16.5. The van der Waals surface area contributed by atoms with Crippen molar-refractivity contribution in [1.29, 1.82) is 0 Å². The average Bonchev–Trinajstić information content (AvgIpc) is 4.02. The minimum Gasteiger partial charge on any atom is -0.278 e. The third-order valence-corrected chi connectivity index (χ3v) is 15.0. The van der Waals surface area contributed by atoms with Crippen LogP contribution in [-0.2, 0) is 5.41 Å². The Morgan fingerprint density at radius 3 is 1.20 bits per heavy atom. The summed E-state index contributed by atoms with van der Waals surface area (Å²) in [6.07, 6.45) is 0. The molecule has 0 saturated carbocycles. The number of aromatic nitrogens is 4. The number of rotatable bonds is 9. The van der Waals surface area contributed by atoms with Crippen LogP contribution in [0, 0.1) is 0 Å². The Morgan fingerprint density at radius 2 is 0.689 bits per heavy atom. The van der Waals surface area contributed by atoms with E-state index in [1.54, 1.807) is 0 Å². The lowest BCUT2D eigenvalue weighted by atomic mass is 9.67. The molecule has 1 aliphatic carbocycles. The van der Waals surface area contributed by atoms with Gasteiger partial charge in [0.2, 0.25) is 5.95 Å². The molecule has 4 heteroatoms. The molecule has 11 aromatic carbocycles. The lowest BCUT2D eigenvalue weighted by Gasteiger charge is -2.34. The largest absolute Gasteiger partial charge is 0.278 e. The van der Waals surface area contributed by atoms with Gasteiger partial charge in [0.25, 0.3) is 0 Å². The molecule has 2 heterocycles. The van der Waals surface area contributed by atoms with Gasteiger partial charge < -0.3 is 0 Å². The van der Waals surface area contributed by atoms with Gasteiger partial charge in [0, 0.05) is 21.9 Å². The third-order valence-electron chi connectivity index (χ3n) is 15.0. The fraction of sp³-hybridized carbons (Fsp3) is 0.0143. The summed E-state index contributed by atoms with van der Waals surface area (Å²) in [6.45, 7) is 0. The number of nitrogens with zero attached hydrogens (tertiary/aromatic N) is 4. The van der Waals surface area contributed by atoms with Gasteiger partial charge in [0.05, 0.1) is 16.4 Å². The first-order valence-electron chi connectivity index (χ1n) is 25.3. The molecule has 0 unspecified atom stereocenters. The predicted octanol–water partition coefficient (Wildman–Crippen LogP) is 17.3. The van der Waals surface area contributed by atoms with E-state index in [9.17, 15) is 0 Å². The van der Waals surface area contributed by atoms with Crippen LogP contribution in [0.25, 0.3) is 106 Å². The summed E-state index contributed by atoms with van der Waals surface area (Å²) >= 11 is 0. The maximum absolute atomic E-state index is 5.57. The van der Waals surface area contributed by atoms with E-state index in [1.807, 2.05) is 0 Å². The van der Waals surface area contributed by atoms with Crippen molar-refractivity contribution < 1.29 is 0 Å². The molecule has 2 aromatic heterocycles. The van der Waals surface area contributed by atoms with Crippen LogP contribution in [0.1, 0.15) is 22.3 Å². The summed E-state index contributed by atoms with van der Waals surface area (Å²) in [6, 6.07) is 100. The topological polar surface area (TPSA) is 43.6 Å². The van der Waals surface area contributed by atoms with Crippen LogP contribution >= 0.6 is 0 Å². The maximum Gasteiger partial charge on any atom is 0.238 e. The van der Waals surface area contributed by atoms with Gasteiger partial charge in [-0.25, -0.2) is 4.98 Å². The monoisotopic (exact) mass is 942 g/mol. The van der Waals surface area contributed by atoms with E-state index in [0.717, 1.165) is 77.4 Å². The van der Waals surface area contributed by atoms with Gasteiger partial charge in [-0.15, -0.1) is 0 Å². The molecule has 0 spiro atoms. The molecular weight excluding hydrogens is 897 g/mol. The van der Waals surface area contributed by atoms with Crippen LogP contribution in [0.3, 0.4) is 0 Å². The van der Waals surface area contributed by atoms with Gasteiger partial charge >= 0.3 is 0 Å². The molecule has 4 nitrogen and oxygen atoms in total. The van der Waals surface area contributed by atoms with Gasteiger partial charge in [0.1, 0.15) is 0 Å². The van der Waals surface area contributed by atoms with Crippen molar-refractivity contribution in [1.82, 2.24) is 19.5 Å². The van der Waals surface area contributed by atoms with Crippen LogP contribution < -0.4 is 0 Å². The van der Waals surface area contributed by atoms with Gasteiger partial charge in [-0.2, -0.15) is 9.97 Å². The first-order valence-corrected chi connectivity index (χ1v) is 25.3. The van der Waals surface area contributed by atoms with Crippen molar-refractivity contribution in [2.75, 3.05) is 0 Å². The normalized spacial score (nSPS) is 12.4. The molecule has 1 aliphatic rings. The van der Waals surface area contributed by atoms with Gasteiger partial charge in [-0.05, 0) is 102 Å². The zero-order chi connectivity index (χ0) is 49.0. The molecule has 346 valence electrons. The van der Waals surface area contributed by atoms with Gasteiger partial charge in [-0.1, -0.05) is 255 Å². The summed E-state index contributed by atoms with van der Waals surface area (Å²) in [5.41, 5.74) is 19.5. The summed E-state index contributed by atoms with van der Waals surface area (Å²) in [5, 5.41) is 2.25. The number of benzene rings is 11. The van der Waals surface area contributed by atoms with Crippen molar-refractivity contribution in [3.63, 3.8) is 0 Å². The van der Waals surface area contributed by atoms with E-state index >= 15 is 0 Å². The Balaban J connectivity index is 1.11. The smallest absolute Gasteiger partial charge is 0.238 e. The number of hydrogen-bond acceptors (Lipinski definition) is 3. The molecule has 0 N–H and O–H groups in total. The van der Waals surface area contributed by atoms with Crippen LogP contribution in [0.4, 0.5) is 0 Å². The molecule has 14 rings (SSSR count). The van der Waals surface area contributed by atoms with Crippen LogP contribution in [0.2, 0.25) is 0 Å². The second kappa shape index (κ2) is 17.8. The lowest BCUT2D eigenvalue weighted by Crippen LogP contribution is -2.28. The van der Waals surface area contributed by atoms with Crippen molar-refractivity contribution in [2.45, 2.75) is 5.41 Å². The Bertz CT molecular complexity index is 4030. The second-order valence-corrected chi connectivity index (χ2v) is 19.1. The molecule has 0 atom stereocenters. The highest BCUT2D eigenvalue weighted by atomic mass is 15.2. The standard InChI is InChI=1S/C70H46N4/c1-7-21-47(22-8-1)50-35-39-53(40-36-50)67-71-68(54-41-37-51(38-42-54)48-23-9-2-10-24-48)73-69(72-67)74-64-46-63-60(58-33-19-20-34-62(58)70(63,56-29-15-5-16-30-56)57-31-17-6-18-32-57)45-61(64)66-59(52-27-13-4-14-28-52)43-55(44-65(66)74)49-25-11-3-12-26-49/h1-46H. The minimum atomic E-state index is -0.627. The molecule has 0 bridgehead atoms. The molecule has 74 heavy (non-hydrogen) atoms. The van der Waals surface area contributed by atoms with E-state index in [2.05, 4.69) is 284 Å². The zero-order valence-electron chi connectivity index (χ0n) is 40.3. The predicted molar refractivity (Wildman–Crippen MR) is 304 cm³/mol. The fourth-order valence-corrected chi connectivity index (χ4v) is 11.5. The zero-order valence-corrected chi connectivity index (χ0v) is 40.3. The van der Waals surface area contributed by atoms with E-state index in [1.165, 1.54) is 33.4 Å². The molecule has 0 radical (unpaired) electrons.